The van der Waals surface area contributed by atoms with E-state index in [1.165, 1.54) is 93.3 Å². The molecule has 0 radical (unpaired) electrons. The van der Waals surface area contributed by atoms with Crippen LogP contribution in [0.2, 0.25) is 0 Å². The number of aromatic nitrogens is 2. The van der Waals surface area contributed by atoms with Gasteiger partial charge in [0, 0.05) is 44.3 Å². The zero-order valence-electron chi connectivity index (χ0n) is 26.4. The van der Waals surface area contributed by atoms with Gasteiger partial charge in [-0.15, -0.1) is 0 Å². The van der Waals surface area contributed by atoms with Crippen molar-refractivity contribution in [3.8, 4) is 34.0 Å². The van der Waals surface area contributed by atoms with Crippen molar-refractivity contribution < 1.29 is 0 Å². The van der Waals surface area contributed by atoms with E-state index >= 15 is 0 Å². The number of nitriles is 1. The molecular weight excluding hydrogens is 571 g/mol. The number of fused-ring (bicyclic) bond motifs is 6. The van der Waals surface area contributed by atoms with Crippen molar-refractivity contribution in [2.75, 3.05) is 0 Å². The number of benzene rings is 6. The molecule has 6 aromatic carbocycles. The molecule has 47 heavy (non-hydrogen) atoms. The topological polar surface area (TPSA) is 33.6 Å². The average molecular weight is 606 g/mol. The Morgan fingerprint density at radius 1 is 0.468 bits per heavy atom. The van der Waals surface area contributed by atoms with Crippen molar-refractivity contribution >= 4 is 43.6 Å². The van der Waals surface area contributed by atoms with Crippen molar-refractivity contribution in [2.24, 2.45) is 0 Å². The van der Waals surface area contributed by atoms with E-state index in [9.17, 15) is 5.26 Å². The van der Waals surface area contributed by atoms with Gasteiger partial charge < -0.3 is 9.13 Å². The molecule has 3 heteroatoms. The van der Waals surface area contributed by atoms with Gasteiger partial charge >= 0.3 is 0 Å². The Morgan fingerprint density at radius 3 is 1.87 bits per heavy atom. The smallest absolute Gasteiger partial charge is 0.0991 e. The summed E-state index contributed by atoms with van der Waals surface area (Å²) in [6.07, 6.45) is 7.89. The maximum absolute atomic E-state index is 9.28. The van der Waals surface area contributed by atoms with Crippen molar-refractivity contribution in [1.29, 1.82) is 5.26 Å². The largest absolute Gasteiger partial charge is 0.337 e. The Labute approximate surface area is 274 Å². The molecule has 2 heterocycles. The van der Waals surface area contributed by atoms with Gasteiger partial charge in [0.15, 0.2) is 0 Å². The lowest BCUT2D eigenvalue weighted by Crippen LogP contribution is -2.07. The summed E-state index contributed by atoms with van der Waals surface area (Å²) in [6, 6.07) is 51.1. The summed E-state index contributed by atoms with van der Waals surface area (Å²) >= 11 is 0. The molecule has 0 bridgehead atoms. The molecule has 226 valence electrons. The summed E-state index contributed by atoms with van der Waals surface area (Å²) in [7, 11) is 0. The van der Waals surface area contributed by atoms with Gasteiger partial charge in [-0.3, -0.25) is 0 Å². The SMILES string of the molecule is N#Cc1ccc(-c2cccc(-n3c4ccccc4c4ccc(-c5ccc6c(c5)c5ccccc5n6C5CCCCCC5)cc43)c2)cc1. The maximum Gasteiger partial charge on any atom is 0.0991 e. The number of hydrogen-bond acceptors (Lipinski definition) is 1. The second-order valence-corrected chi connectivity index (χ2v) is 13.1. The van der Waals surface area contributed by atoms with Crippen molar-refractivity contribution in [2.45, 2.75) is 44.6 Å². The molecule has 0 N–H and O–H groups in total. The fraction of sp³-hybridized carbons (Fsp3) is 0.159. The lowest BCUT2D eigenvalue weighted by atomic mass is 10.0. The van der Waals surface area contributed by atoms with Crippen LogP contribution in [0.15, 0.2) is 133 Å². The van der Waals surface area contributed by atoms with Gasteiger partial charge in [-0.1, -0.05) is 105 Å². The summed E-state index contributed by atoms with van der Waals surface area (Å²) < 4.78 is 5.06. The van der Waals surface area contributed by atoms with Crippen molar-refractivity contribution in [1.82, 2.24) is 9.13 Å². The summed E-state index contributed by atoms with van der Waals surface area (Å²) in [6.45, 7) is 0. The van der Waals surface area contributed by atoms with Crippen LogP contribution in [-0.2, 0) is 0 Å². The van der Waals surface area contributed by atoms with Gasteiger partial charge in [0.1, 0.15) is 0 Å². The minimum Gasteiger partial charge on any atom is -0.337 e. The molecule has 0 saturated heterocycles. The van der Waals surface area contributed by atoms with E-state index in [4.69, 9.17) is 0 Å². The van der Waals surface area contributed by atoms with Crippen LogP contribution in [0.3, 0.4) is 0 Å². The maximum atomic E-state index is 9.28. The number of rotatable bonds is 4. The van der Waals surface area contributed by atoms with Gasteiger partial charge in [0.2, 0.25) is 0 Å². The van der Waals surface area contributed by atoms with Crippen LogP contribution < -0.4 is 0 Å². The van der Waals surface area contributed by atoms with Crippen LogP contribution in [0.5, 0.6) is 0 Å². The highest BCUT2D eigenvalue weighted by molar-refractivity contribution is 6.12. The van der Waals surface area contributed by atoms with Gasteiger partial charge in [0.05, 0.1) is 22.7 Å². The molecule has 2 aromatic heterocycles. The zero-order chi connectivity index (χ0) is 31.3. The van der Waals surface area contributed by atoms with Crippen molar-refractivity contribution in [3.05, 3.63) is 139 Å². The first-order chi connectivity index (χ1) is 23.3. The molecule has 0 amide bonds. The molecule has 0 aliphatic heterocycles. The summed E-state index contributed by atoms with van der Waals surface area (Å²) in [5, 5.41) is 14.5. The lowest BCUT2D eigenvalue weighted by molar-refractivity contribution is 0.467. The minimum absolute atomic E-state index is 0.567. The summed E-state index contributed by atoms with van der Waals surface area (Å²) in [5.41, 5.74) is 11.6. The van der Waals surface area contributed by atoms with E-state index in [1.807, 2.05) is 24.3 Å². The van der Waals surface area contributed by atoms with Gasteiger partial charge in [-0.05, 0) is 89.7 Å². The first-order valence-corrected chi connectivity index (χ1v) is 16.9. The van der Waals surface area contributed by atoms with Crippen LogP contribution in [0.25, 0.3) is 71.6 Å². The molecule has 1 aliphatic rings. The Balaban J connectivity index is 1.21. The molecule has 1 aliphatic carbocycles. The van der Waals surface area contributed by atoms with Gasteiger partial charge in [0.25, 0.3) is 0 Å². The highest BCUT2D eigenvalue weighted by Gasteiger charge is 2.21. The lowest BCUT2D eigenvalue weighted by Gasteiger charge is -2.19. The predicted octanol–water partition coefficient (Wildman–Crippen LogP) is 12.0. The van der Waals surface area contributed by atoms with Gasteiger partial charge in [-0.25, -0.2) is 0 Å². The molecule has 0 spiro atoms. The third-order valence-electron chi connectivity index (χ3n) is 10.4. The first-order valence-electron chi connectivity index (χ1n) is 16.9. The molecule has 0 atom stereocenters. The third-order valence-corrected chi connectivity index (χ3v) is 10.4. The van der Waals surface area contributed by atoms with Crippen LogP contribution in [0.4, 0.5) is 0 Å². The zero-order valence-corrected chi connectivity index (χ0v) is 26.4. The molecule has 1 fully saturated rings. The van der Waals surface area contributed by atoms with Crippen LogP contribution in [0.1, 0.15) is 50.1 Å². The molecular formula is C44H35N3. The summed E-state index contributed by atoms with van der Waals surface area (Å²) in [5.74, 6) is 0. The fourth-order valence-corrected chi connectivity index (χ4v) is 8.08. The monoisotopic (exact) mass is 605 g/mol. The summed E-state index contributed by atoms with van der Waals surface area (Å²) in [4.78, 5) is 0. The predicted molar refractivity (Wildman–Crippen MR) is 196 cm³/mol. The molecule has 1 saturated carbocycles. The average Bonchev–Trinajstić information content (AvgIpc) is 3.49. The molecule has 3 nitrogen and oxygen atoms in total. The Morgan fingerprint density at radius 2 is 1.09 bits per heavy atom. The van der Waals surface area contributed by atoms with E-state index < -0.39 is 0 Å². The standard InChI is InChI=1S/C44H35N3/c45-29-30-18-20-31(21-19-30)32-10-9-13-36(26-32)47-41-16-7-5-14-37(41)39-24-22-34(28-44(39)47)33-23-25-43-40(27-33)38-15-6-8-17-42(38)46(43)35-11-3-1-2-4-12-35/h5-10,13-28,35H,1-4,11-12H2. The quantitative estimate of drug-likeness (QED) is 0.184. The number of nitrogens with zero attached hydrogens (tertiary/aromatic N) is 3. The van der Waals surface area contributed by atoms with E-state index in [-0.39, 0.29) is 0 Å². The molecule has 8 aromatic rings. The highest BCUT2D eigenvalue weighted by Crippen LogP contribution is 2.40. The Hall–Kier alpha value is -5.59. The fourth-order valence-electron chi connectivity index (χ4n) is 8.08. The molecule has 9 rings (SSSR count). The minimum atomic E-state index is 0.567. The molecule has 0 unspecified atom stereocenters. The highest BCUT2D eigenvalue weighted by atomic mass is 15.0. The van der Waals surface area contributed by atoms with Gasteiger partial charge in [-0.2, -0.15) is 5.26 Å². The van der Waals surface area contributed by atoms with Crippen LogP contribution in [0, 0.1) is 11.3 Å². The van der Waals surface area contributed by atoms with E-state index in [2.05, 4.69) is 124 Å². The number of hydrogen-bond donors (Lipinski definition) is 0. The Bertz CT molecular complexity index is 2480. The second-order valence-electron chi connectivity index (χ2n) is 13.1. The van der Waals surface area contributed by atoms with E-state index in [1.54, 1.807) is 0 Å². The van der Waals surface area contributed by atoms with Crippen molar-refractivity contribution in [3.63, 3.8) is 0 Å². The van der Waals surface area contributed by atoms with E-state index in [0.29, 0.717) is 11.6 Å². The van der Waals surface area contributed by atoms with E-state index in [0.717, 1.165) is 16.8 Å². The number of para-hydroxylation sites is 2. The second kappa shape index (κ2) is 11.3. The third kappa shape index (κ3) is 4.64. The Kier molecular flexibility index (Phi) is 6.68. The van der Waals surface area contributed by atoms with Crippen LogP contribution >= 0.6 is 0 Å². The normalized spacial score (nSPS) is 14.2. The van der Waals surface area contributed by atoms with Crippen LogP contribution in [-0.4, -0.2) is 9.13 Å². The first kappa shape index (κ1) is 27.7.